The fourth-order valence-corrected chi connectivity index (χ4v) is 0. The fourth-order valence-electron chi connectivity index (χ4n) is 0. The molecule has 0 aliphatic rings. The normalized spacial score (nSPS) is 0. The third-order valence-electron chi connectivity index (χ3n) is 0. The van der Waals surface area contributed by atoms with Gasteiger partial charge in [-0.25, -0.2) is 0 Å². The zero-order valence-electron chi connectivity index (χ0n) is 2.53. The van der Waals surface area contributed by atoms with Crippen LogP contribution in [0.3, 0.4) is 0 Å². The Morgan fingerprint density at radius 1 is 0.500 bits per heavy atom. The molecule has 0 bridgehead atoms. The van der Waals surface area contributed by atoms with Crippen molar-refractivity contribution < 1.29 is 37.2 Å². The molecular formula is H2Cl5In. The summed E-state index contributed by atoms with van der Waals surface area (Å²) < 4.78 is 0. The maximum atomic E-state index is 0. The first-order valence-corrected chi connectivity index (χ1v) is 0. The zero-order valence-corrected chi connectivity index (χ0v) is 9.72. The van der Waals surface area contributed by atoms with E-state index in [0.717, 1.165) is 0 Å². The molecule has 0 fully saturated rings. The maximum absolute atomic E-state index is 0. The molecule has 6 heteroatoms. The molecule has 0 amide bonds. The van der Waals surface area contributed by atoms with Crippen LogP contribution in [0, 0.1) is 0 Å². The molecule has 0 aliphatic heterocycles. The molecule has 0 aromatic rings. The maximum Gasteiger partial charge on any atom is 3.00 e. The first-order chi connectivity index (χ1) is 0. The number of halogens is 5. The number of hydrogen-bond acceptors (Lipinski definition) is 0. The van der Waals surface area contributed by atoms with Gasteiger partial charge in [0.25, 0.3) is 0 Å². The summed E-state index contributed by atoms with van der Waals surface area (Å²) in [5.74, 6) is 0. The molecule has 0 heterocycles. The summed E-state index contributed by atoms with van der Waals surface area (Å²) in [5, 5.41) is 0. The van der Waals surface area contributed by atoms with E-state index in [9.17, 15) is 0 Å². The van der Waals surface area contributed by atoms with Crippen LogP contribution in [-0.4, -0.2) is 25.8 Å². The van der Waals surface area contributed by atoms with E-state index in [0.29, 0.717) is 0 Å². The molecular weight excluding hydrogens is 292 g/mol. The van der Waals surface area contributed by atoms with Gasteiger partial charge in [0, 0.05) is 0 Å². The minimum atomic E-state index is 0. The van der Waals surface area contributed by atoms with Crippen molar-refractivity contribution >= 4 is 50.7 Å². The van der Waals surface area contributed by atoms with Crippen molar-refractivity contribution in [2.45, 2.75) is 0 Å². The zero-order chi connectivity index (χ0) is 0. The molecule has 40 valence electrons. The van der Waals surface area contributed by atoms with Gasteiger partial charge < -0.3 is 37.2 Å². The van der Waals surface area contributed by atoms with E-state index < -0.39 is 0 Å². The van der Waals surface area contributed by atoms with Crippen molar-refractivity contribution in [3.8, 4) is 0 Å². The number of hydrogen-bond donors (Lipinski definition) is 0. The Balaban J connectivity index is 0. The van der Waals surface area contributed by atoms with Crippen LogP contribution in [0.1, 0.15) is 0 Å². The van der Waals surface area contributed by atoms with Gasteiger partial charge in [0.2, 0.25) is 0 Å². The Hall–Kier alpha value is 2.32. The monoisotopic (exact) mass is 292 g/mol. The summed E-state index contributed by atoms with van der Waals surface area (Å²) in [6.45, 7) is 0. The van der Waals surface area contributed by atoms with Gasteiger partial charge in [-0.2, -0.15) is 0 Å². The Morgan fingerprint density at radius 2 is 0.500 bits per heavy atom. The standard InChI is InChI=1S/5ClH.In/h5*1H;/q;;;;;+3/p-3. The molecule has 0 spiro atoms. The van der Waals surface area contributed by atoms with Crippen LogP contribution in [0.4, 0.5) is 0 Å². The topological polar surface area (TPSA) is 0 Å². The second-order valence-electron chi connectivity index (χ2n) is 0. The largest absolute Gasteiger partial charge is 3.00 e. The van der Waals surface area contributed by atoms with Crippen molar-refractivity contribution in [2.75, 3.05) is 0 Å². The van der Waals surface area contributed by atoms with Crippen LogP contribution < -0.4 is 37.2 Å². The average molecular weight is 294 g/mol. The minimum absolute atomic E-state index is 0. The first kappa shape index (κ1) is 82.8. The molecule has 0 saturated carbocycles. The number of rotatable bonds is 0. The molecule has 0 unspecified atom stereocenters. The van der Waals surface area contributed by atoms with E-state index in [1.54, 1.807) is 0 Å². The Kier molecular flexibility index (Phi) is 750. The quantitative estimate of drug-likeness (QED) is 0.416. The molecule has 0 atom stereocenters. The van der Waals surface area contributed by atoms with Crippen LogP contribution in [0.2, 0.25) is 0 Å². The van der Waals surface area contributed by atoms with Gasteiger partial charge in [0.05, 0.1) is 0 Å². The first-order valence-electron chi connectivity index (χ1n) is 0. The van der Waals surface area contributed by atoms with Crippen LogP contribution >= 0.6 is 24.8 Å². The minimum Gasteiger partial charge on any atom is -1.00 e. The summed E-state index contributed by atoms with van der Waals surface area (Å²) in [6.07, 6.45) is 0. The van der Waals surface area contributed by atoms with Gasteiger partial charge in [-0.1, -0.05) is 0 Å². The smallest absolute Gasteiger partial charge is 1.00 e. The van der Waals surface area contributed by atoms with Crippen LogP contribution in [0.15, 0.2) is 0 Å². The summed E-state index contributed by atoms with van der Waals surface area (Å²) in [4.78, 5) is 0. The van der Waals surface area contributed by atoms with Gasteiger partial charge >= 0.3 is 25.8 Å². The van der Waals surface area contributed by atoms with E-state index in [1.807, 2.05) is 0 Å². The van der Waals surface area contributed by atoms with E-state index in [4.69, 9.17) is 0 Å². The third-order valence-corrected chi connectivity index (χ3v) is 0. The van der Waals surface area contributed by atoms with Crippen molar-refractivity contribution in [1.29, 1.82) is 0 Å². The van der Waals surface area contributed by atoms with E-state index in [1.165, 1.54) is 0 Å². The van der Waals surface area contributed by atoms with Gasteiger partial charge in [-0.05, 0) is 0 Å². The Labute approximate surface area is 87.0 Å². The molecule has 0 radical (unpaired) electrons. The molecule has 0 nitrogen and oxygen atoms in total. The van der Waals surface area contributed by atoms with Gasteiger partial charge in [-0.15, -0.1) is 24.8 Å². The summed E-state index contributed by atoms with van der Waals surface area (Å²) in [7, 11) is 0. The molecule has 0 rings (SSSR count). The third kappa shape index (κ3) is 33.2. The van der Waals surface area contributed by atoms with Crippen molar-refractivity contribution in [3.63, 3.8) is 0 Å². The summed E-state index contributed by atoms with van der Waals surface area (Å²) in [6, 6.07) is 0. The molecule has 0 saturated heterocycles. The molecule has 6 heavy (non-hydrogen) atoms. The second kappa shape index (κ2) is 54.3. The predicted octanol–water partition coefficient (Wildman–Crippen LogP) is -8.53. The molecule has 0 aliphatic carbocycles. The van der Waals surface area contributed by atoms with E-state index in [-0.39, 0.29) is 87.9 Å². The summed E-state index contributed by atoms with van der Waals surface area (Å²) >= 11 is 0. The van der Waals surface area contributed by atoms with E-state index in [2.05, 4.69) is 0 Å². The average Bonchev–Trinajstić information content (AvgIpc) is 0. The van der Waals surface area contributed by atoms with Crippen molar-refractivity contribution in [1.82, 2.24) is 0 Å². The fraction of sp³-hybridized carbons (Fsp3) is 0. The Morgan fingerprint density at radius 3 is 0.500 bits per heavy atom. The predicted molar refractivity (Wildman–Crippen MR) is 20.2 cm³/mol. The van der Waals surface area contributed by atoms with Crippen LogP contribution in [-0.2, 0) is 0 Å². The van der Waals surface area contributed by atoms with Gasteiger partial charge in [-0.3, -0.25) is 0 Å². The van der Waals surface area contributed by atoms with Gasteiger partial charge in [0.1, 0.15) is 0 Å². The van der Waals surface area contributed by atoms with Crippen LogP contribution in [0.5, 0.6) is 0 Å². The second-order valence-corrected chi connectivity index (χ2v) is 0. The molecule has 0 aromatic heterocycles. The summed E-state index contributed by atoms with van der Waals surface area (Å²) in [5.41, 5.74) is 0. The SMILES string of the molecule is Cl.Cl.[Cl-].[Cl-].[Cl-].[In+3]. The molecule has 0 N–H and O–H groups in total. The van der Waals surface area contributed by atoms with Crippen LogP contribution in [0.25, 0.3) is 0 Å². The molecule has 0 aromatic carbocycles. The van der Waals surface area contributed by atoms with Gasteiger partial charge in [0.15, 0.2) is 0 Å². The van der Waals surface area contributed by atoms with Crippen molar-refractivity contribution in [3.05, 3.63) is 0 Å². The Bertz CT molecular complexity index is 3.90. The van der Waals surface area contributed by atoms with Crippen molar-refractivity contribution in [2.24, 2.45) is 0 Å². The van der Waals surface area contributed by atoms with E-state index >= 15 is 0 Å².